The lowest BCUT2D eigenvalue weighted by molar-refractivity contribution is 0.0898. The Morgan fingerprint density at radius 2 is 1.67 bits per heavy atom. The highest BCUT2D eigenvalue weighted by Crippen LogP contribution is 2.18. The van der Waals surface area contributed by atoms with Crippen LogP contribution in [-0.4, -0.2) is 53.4 Å². The van der Waals surface area contributed by atoms with Gasteiger partial charge < -0.3 is 25.0 Å². The highest BCUT2D eigenvalue weighted by atomic mass is 16.5. The SMILES string of the molecule is CC(C)(CO)CNC(=O)c1cn(C[C@H]2CCCO2)cc(C(=O)NC2CCCCCCC2)c1=O. The molecule has 8 heteroatoms. The lowest BCUT2D eigenvalue weighted by atomic mass is 9.95. The van der Waals surface area contributed by atoms with Crippen LogP contribution in [0.15, 0.2) is 17.2 Å². The Balaban J connectivity index is 1.83. The van der Waals surface area contributed by atoms with Gasteiger partial charge in [-0.05, 0) is 25.7 Å². The summed E-state index contributed by atoms with van der Waals surface area (Å²) in [6.45, 7) is 4.94. The zero-order valence-electron chi connectivity index (χ0n) is 20.0. The Kier molecular flexibility index (Phi) is 9.09. The third-order valence-corrected chi connectivity index (χ3v) is 6.60. The van der Waals surface area contributed by atoms with Crippen LogP contribution in [0.25, 0.3) is 0 Å². The largest absolute Gasteiger partial charge is 0.396 e. The van der Waals surface area contributed by atoms with Crippen LogP contribution < -0.4 is 16.1 Å². The second-order valence-electron chi connectivity index (χ2n) is 10.3. The fourth-order valence-corrected chi connectivity index (χ4v) is 4.42. The molecule has 3 N–H and O–H groups in total. The van der Waals surface area contributed by atoms with E-state index in [1.165, 1.54) is 25.5 Å². The summed E-state index contributed by atoms with van der Waals surface area (Å²) < 4.78 is 7.45. The van der Waals surface area contributed by atoms with Gasteiger partial charge in [0.15, 0.2) is 0 Å². The van der Waals surface area contributed by atoms with Crippen molar-refractivity contribution < 1.29 is 19.4 Å². The predicted molar refractivity (Wildman–Crippen MR) is 126 cm³/mol. The topological polar surface area (TPSA) is 110 Å². The van der Waals surface area contributed by atoms with Crippen molar-refractivity contribution in [3.8, 4) is 0 Å². The highest BCUT2D eigenvalue weighted by Gasteiger charge is 2.25. The average molecular weight is 462 g/mol. The summed E-state index contributed by atoms with van der Waals surface area (Å²) in [7, 11) is 0. The second kappa shape index (κ2) is 11.8. The Bertz CT molecular complexity index is 865. The first-order valence-corrected chi connectivity index (χ1v) is 12.3. The number of carbonyl (C=O) groups is 2. The van der Waals surface area contributed by atoms with Crippen LogP contribution in [0, 0.1) is 5.41 Å². The monoisotopic (exact) mass is 461 g/mol. The van der Waals surface area contributed by atoms with E-state index in [2.05, 4.69) is 10.6 Å². The number of ether oxygens (including phenoxy) is 1. The van der Waals surface area contributed by atoms with Crippen molar-refractivity contribution in [2.45, 2.75) is 90.3 Å². The van der Waals surface area contributed by atoms with Crippen LogP contribution in [0.2, 0.25) is 0 Å². The van der Waals surface area contributed by atoms with E-state index in [0.29, 0.717) is 13.2 Å². The maximum atomic E-state index is 13.2. The summed E-state index contributed by atoms with van der Waals surface area (Å²) in [6, 6.07) is 0.0478. The highest BCUT2D eigenvalue weighted by molar-refractivity contribution is 5.99. The smallest absolute Gasteiger partial charge is 0.256 e. The first-order valence-electron chi connectivity index (χ1n) is 12.3. The van der Waals surface area contributed by atoms with Gasteiger partial charge in [0.25, 0.3) is 11.8 Å². The van der Waals surface area contributed by atoms with Gasteiger partial charge in [-0.2, -0.15) is 0 Å². The summed E-state index contributed by atoms with van der Waals surface area (Å²) in [5, 5.41) is 15.2. The van der Waals surface area contributed by atoms with E-state index in [1.807, 2.05) is 13.8 Å². The Morgan fingerprint density at radius 1 is 1.03 bits per heavy atom. The van der Waals surface area contributed by atoms with Gasteiger partial charge >= 0.3 is 0 Å². The summed E-state index contributed by atoms with van der Waals surface area (Å²) >= 11 is 0. The molecule has 3 rings (SSSR count). The number of rotatable bonds is 8. The number of aromatic nitrogens is 1. The van der Waals surface area contributed by atoms with Gasteiger partial charge in [-0.3, -0.25) is 14.4 Å². The molecule has 1 saturated carbocycles. The molecule has 8 nitrogen and oxygen atoms in total. The standard InChI is InChI=1S/C25H39N3O5/c1-25(2,17-29)16-26-23(31)20-14-28(13-19-11-8-12-33-19)15-21(22(20)30)24(32)27-18-9-6-4-3-5-7-10-18/h14-15,18-19,29H,3-13,16-17H2,1-2H3,(H,26,31)(H,27,32)/t19-/m1/s1. The molecule has 1 aliphatic heterocycles. The maximum absolute atomic E-state index is 13.2. The van der Waals surface area contributed by atoms with Gasteiger partial charge in [0.1, 0.15) is 11.1 Å². The van der Waals surface area contributed by atoms with Crippen molar-refractivity contribution in [3.63, 3.8) is 0 Å². The zero-order chi connectivity index (χ0) is 23.8. The average Bonchev–Trinajstić information content (AvgIpc) is 3.28. The molecular weight excluding hydrogens is 422 g/mol. The number of aliphatic hydroxyl groups excluding tert-OH is 1. The Hall–Kier alpha value is -2.19. The number of pyridine rings is 1. The second-order valence-corrected chi connectivity index (χ2v) is 10.3. The molecule has 1 aromatic rings. The van der Waals surface area contributed by atoms with Crippen LogP contribution in [-0.2, 0) is 11.3 Å². The molecular formula is C25H39N3O5. The molecule has 1 aromatic heterocycles. The van der Waals surface area contributed by atoms with Gasteiger partial charge in [-0.25, -0.2) is 0 Å². The molecule has 2 fully saturated rings. The molecule has 1 atom stereocenters. The van der Waals surface area contributed by atoms with Crippen molar-refractivity contribution >= 4 is 11.8 Å². The summed E-state index contributed by atoms with van der Waals surface area (Å²) in [4.78, 5) is 39.2. The quantitative estimate of drug-likeness (QED) is 0.551. The van der Waals surface area contributed by atoms with Crippen molar-refractivity contribution in [2.75, 3.05) is 19.8 Å². The summed E-state index contributed by atoms with van der Waals surface area (Å²) in [5.74, 6) is -0.958. The number of hydrogen-bond acceptors (Lipinski definition) is 5. The number of hydrogen-bond donors (Lipinski definition) is 3. The molecule has 2 aliphatic rings. The minimum Gasteiger partial charge on any atom is -0.396 e. The number of carbonyl (C=O) groups excluding carboxylic acids is 2. The number of aliphatic hydroxyl groups is 1. The fourth-order valence-electron chi connectivity index (χ4n) is 4.42. The van der Waals surface area contributed by atoms with E-state index in [0.717, 1.165) is 38.5 Å². The molecule has 0 aromatic carbocycles. The molecule has 0 bridgehead atoms. The Labute approximate surface area is 196 Å². The molecule has 184 valence electrons. The van der Waals surface area contributed by atoms with Gasteiger partial charge in [-0.1, -0.05) is 46.0 Å². The minimum absolute atomic E-state index is 0.00162. The number of nitrogens with zero attached hydrogens (tertiary/aromatic N) is 1. The van der Waals surface area contributed by atoms with Crippen molar-refractivity contribution in [3.05, 3.63) is 33.7 Å². The third-order valence-electron chi connectivity index (χ3n) is 6.60. The van der Waals surface area contributed by atoms with Gasteiger partial charge in [0.2, 0.25) is 5.43 Å². The maximum Gasteiger partial charge on any atom is 0.256 e. The molecule has 2 amide bonds. The number of amides is 2. The third kappa shape index (κ3) is 7.40. The van der Waals surface area contributed by atoms with Crippen LogP contribution in [0.1, 0.15) is 92.4 Å². The van der Waals surface area contributed by atoms with E-state index in [1.54, 1.807) is 10.8 Å². The van der Waals surface area contributed by atoms with Gasteiger partial charge in [0, 0.05) is 50.2 Å². The summed E-state index contributed by atoms with van der Waals surface area (Å²) in [5.41, 5.74) is -1.16. The molecule has 1 aliphatic carbocycles. The fraction of sp³-hybridized carbons (Fsp3) is 0.720. The zero-order valence-corrected chi connectivity index (χ0v) is 20.0. The van der Waals surface area contributed by atoms with E-state index in [4.69, 9.17) is 4.74 Å². The molecule has 0 unspecified atom stereocenters. The lowest BCUT2D eigenvalue weighted by Gasteiger charge is -2.23. The van der Waals surface area contributed by atoms with Crippen LogP contribution in [0.3, 0.4) is 0 Å². The van der Waals surface area contributed by atoms with Crippen molar-refractivity contribution in [1.29, 1.82) is 0 Å². The molecule has 0 radical (unpaired) electrons. The first kappa shape index (κ1) is 25.4. The van der Waals surface area contributed by atoms with E-state index < -0.39 is 22.7 Å². The van der Waals surface area contributed by atoms with Crippen molar-refractivity contribution in [2.24, 2.45) is 5.41 Å². The van der Waals surface area contributed by atoms with Crippen molar-refractivity contribution in [1.82, 2.24) is 15.2 Å². The Morgan fingerprint density at radius 3 is 2.27 bits per heavy atom. The van der Waals surface area contributed by atoms with Gasteiger partial charge in [0.05, 0.1) is 6.10 Å². The van der Waals surface area contributed by atoms with Crippen LogP contribution >= 0.6 is 0 Å². The first-order chi connectivity index (χ1) is 15.8. The van der Waals surface area contributed by atoms with E-state index in [9.17, 15) is 19.5 Å². The van der Waals surface area contributed by atoms with Gasteiger partial charge in [-0.15, -0.1) is 0 Å². The minimum atomic E-state index is -0.568. The molecule has 2 heterocycles. The van der Waals surface area contributed by atoms with E-state index >= 15 is 0 Å². The normalized spacial score (nSPS) is 20.2. The predicted octanol–water partition coefficient (Wildman–Crippen LogP) is 2.62. The molecule has 33 heavy (non-hydrogen) atoms. The lowest BCUT2D eigenvalue weighted by Crippen LogP contribution is -2.41. The van der Waals surface area contributed by atoms with Crippen LogP contribution in [0.5, 0.6) is 0 Å². The van der Waals surface area contributed by atoms with E-state index in [-0.39, 0.29) is 36.4 Å². The summed E-state index contributed by atoms with van der Waals surface area (Å²) in [6.07, 6.45) is 12.5. The number of nitrogens with one attached hydrogen (secondary N) is 2. The molecule has 0 spiro atoms. The molecule has 1 saturated heterocycles. The van der Waals surface area contributed by atoms with Crippen LogP contribution in [0.4, 0.5) is 0 Å².